The highest BCUT2D eigenvalue weighted by atomic mass is 14.8. The fourth-order valence-corrected chi connectivity index (χ4v) is 1.15. The topological polar surface area (TPSA) is 12.0 Å². The van der Waals surface area contributed by atoms with Crippen molar-refractivity contribution in [1.29, 1.82) is 0 Å². The van der Waals surface area contributed by atoms with Crippen LogP contribution in [-0.2, 0) is 0 Å². The van der Waals surface area contributed by atoms with Gasteiger partial charge in [-0.1, -0.05) is 24.6 Å². The van der Waals surface area contributed by atoms with E-state index in [4.69, 9.17) is 0 Å². The molecule has 1 N–H and O–H groups in total. The van der Waals surface area contributed by atoms with Gasteiger partial charge in [-0.3, -0.25) is 0 Å². The van der Waals surface area contributed by atoms with Crippen molar-refractivity contribution in [2.45, 2.75) is 33.1 Å². The van der Waals surface area contributed by atoms with Crippen molar-refractivity contribution in [3.8, 4) is 0 Å². The molecule has 12 heavy (non-hydrogen) atoms. The fourth-order valence-electron chi connectivity index (χ4n) is 1.15. The summed E-state index contributed by atoms with van der Waals surface area (Å²) in [6.45, 7) is 4.34. The van der Waals surface area contributed by atoms with Gasteiger partial charge in [0.25, 0.3) is 0 Å². The van der Waals surface area contributed by atoms with Gasteiger partial charge in [0.15, 0.2) is 0 Å². The predicted octanol–water partition coefficient (Wildman–Crippen LogP) is 3.12. The molecule has 1 heterocycles. The number of hydrogen-bond acceptors (Lipinski definition) is 1. The number of hydrogen-bond donors (Lipinski definition) is 1. The molecule has 0 aromatic rings. The van der Waals surface area contributed by atoms with Crippen LogP contribution in [0.4, 0.5) is 0 Å². The summed E-state index contributed by atoms with van der Waals surface area (Å²) in [6, 6.07) is 0. The first-order chi connectivity index (χ1) is 5.83. The summed E-state index contributed by atoms with van der Waals surface area (Å²) in [5.41, 5.74) is 2.74. The Balaban J connectivity index is 2.71. The van der Waals surface area contributed by atoms with Crippen molar-refractivity contribution in [2.75, 3.05) is 0 Å². The van der Waals surface area contributed by atoms with Crippen LogP contribution in [0.25, 0.3) is 0 Å². The van der Waals surface area contributed by atoms with Crippen LogP contribution in [-0.4, -0.2) is 0 Å². The lowest BCUT2D eigenvalue weighted by Crippen LogP contribution is -2.02. The van der Waals surface area contributed by atoms with Crippen LogP contribution in [0, 0.1) is 0 Å². The zero-order valence-electron chi connectivity index (χ0n) is 7.93. The highest BCUT2D eigenvalue weighted by Gasteiger charge is 1.92. The Morgan fingerprint density at radius 1 is 1.42 bits per heavy atom. The number of allylic oxidation sites excluding steroid dienone is 5. The molecule has 0 atom stereocenters. The van der Waals surface area contributed by atoms with E-state index in [1.54, 1.807) is 0 Å². The SMILES string of the molecule is CC/C1=C\C=C(\C)CC/C=C\N1. The maximum absolute atomic E-state index is 3.27. The van der Waals surface area contributed by atoms with Crippen LogP contribution in [0.5, 0.6) is 0 Å². The molecule has 0 aliphatic carbocycles. The third-order valence-electron chi connectivity index (χ3n) is 2.04. The third-order valence-corrected chi connectivity index (χ3v) is 2.04. The molecule has 1 aliphatic rings. The molecule has 66 valence electrons. The van der Waals surface area contributed by atoms with E-state index in [0.29, 0.717) is 0 Å². The first kappa shape index (κ1) is 9.11. The summed E-state index contributed by atoms with van der Waals surface area (Å²) >= 11 is 0. The molecular formula is C11H17N. The quantitative estimate of drug-likeness (QED) is 0.626. The Morgan fingerprint density at radius 3 is 3.00 bits per heavy atom. The number of rotatable bonds is 1. The van der Waals surface area contributed by atoms with Crippen LogP contribution in [0.2, 0.25) is 0 Å². The van der Waals surface area contributed by atoms with Gasteiger partial charge in [-0.05, 0) is 38.5 Å². The van der Waals surface area contributed by atoms with Crippen LogP contribution < -0.4 is 5.32 Å². The average molecular weight is 163 g/mol. The minimum Gasteiger partial charge on any atom is -0.365 e. The van der Waals surface area contributed by atoms with Crippen molar-refractivity contribution in [2.24, 2.45) is 0 Å². The standard InChI is InChI=1S/C11H17N/c1-3-11-8-7-10(2)6-4-5-9-12-11/h5,7-9,12H,3-4,6H2,1-2H3/b9-5-,10-7-,11-8+. The fraction of sp³-hybridized carbons (Fsp3) is 0.455. The summed E-state index contributed by atoms with van der Waals surface area (Å²) in [4.78, 5) is 0. The van der Waals surface area contributed by atoms with Gasteiger partial charge >= 0.3 is 0 Å². The molecule has 1 rings (SSSR count). The molecule has 1 nitrogen and oxygen atoms in total. The van der Waals surface area contributed by atoms with Gasteiger partial charge < -0.3 is 5.32 Å². The molecule has 0 radical (unpaired) electrons. The van der Waals surface area contributed by atoms with E-state index < -0.39 is 0 Å². The lowest BCUT2D eigenvalue weighted by atomic mass is 10.1. The Hall–Kier alpha value is -0.980. The normalized spacial score (nSPS) is 29.5. The zero-order chi connectivity index (χ0) is 8.81. The molecule has 0 bridgehead atoms. The van der Waals surface area contributed by atoms with Crippen LogP contribution >= 0.6 is 0 Å². The Kier molecular flexibility index (Phi) is 3.65. The van der Waals surface area contributed by atoms with Crippen molar-refractivity contribution in [3.05, 3.63) is 35.7 Å². The van der Waals surface area contributed by atoms with E-state index in [1.165, 1.54) is 17.7 Å². The Bertz CT molecular complexity index is 221. The summed E-state index contributed by atoms with van der Waals surface area (Å²) in [6.07, 6.45) is 12.0. The molecule has 1 heteroatoms. The van der Waals surface area contributed by atoms with E-state index in [-0.39, 0.29) is 0 Å². The van der Waals surface area contributed by atoms with Gasteiger partial charge in [-0.25, -0.2) is 0 Å². The van der Waals surface area contributed by atoms with E-state index in [1.807, 2.05) is 6.20 Å². The Labute approximate surface area is 74.9 Å². The summed E-state index contributed by atoms with van der Waals surface area (Å²) in [5, 5.41) is 3.27. The van der Waals surface area contributed by atoms with Crippen LogP contribution in [0.15, 0.2) is 35.7 Å². The molecular weight excluding hydrogens is 146 g/mol. The average Bonchev–Trinajstić information content (AvgIpc) is 2.17. The molecule has 0 spiro atoms. The summed E-state index contributed by atoms with van der Waals surface area (Å²) in [7, 11) is 0. The van der Waals surface area contributed by atoms with Crippen LogP contribution in [0.3, 0.4) is 0 Å². The van der Waals surface area contributed by atoms with Gasteiger partial charge in [0, 0.05) is 5.70 Å². The largest absolute Gasteiger partial charge is 0.365 e. The summed E-state index contributed by atoms with van der Waals surface area (Å²) in [5.74, 6) is 0. The summed E-state index contributed by atoms with van der Waals surface area (Å²) < 4.78 is 0. The van der Waals surface area contributed by atoms with E-state index >= 15 is 0 Å². The maximum atomic E-state index is 3.27. The minimum absolute atomic E-state index is 1.06. The van der Waals surface area contributed by atoms with Crippen molar-refractivity contribution in [3.63, 3.8) is 0 Å². The highest BCUT2D eigenvalue weighted by molar-refractivity contribution is 5.18. The van der Waals surface area contributed by atoms with Crippen molar-refractivity contribution >= 4 is 0 Å². The van der Waals surface area contributed by atoms with Crippen LogP contribution in [0.1, 0.15) is 33.1 Å². The van der Waals surface area contributed by atoms with Crippen molar-refractivity contribution < 1.29 is 0 Å². The molecule has 0 aromatic heterocycles. The lowest BCUT2D eigenvalue weighted by Gasteiger charge is -2.00. The minimum atomic E-state index is 1.06. The maximum Gasteiger partial charge on any atom is 0.0143 e. The lowest BCUT2D eigenvalue weighted by molar-refractivity contribution is 0.933. The van der Waals surface area contributed by atoms with Gasteiger partial charge in [0.1, 0.15) is 0 Å². The smallest absolute Gasteiger partial charge is 0.0143 e. The first-order valence-electron chi connectivity index (χ1n) is 4.61. The second-order valence-electron chi connectivity index (χ2n) is 3.14. The van der Waals surface area contributed by atoms with Gasteiger partial charge in [0.2, 0.25) is 0 Å². The molecule has 0 amide bonds. The highest BCUT2D eigenvalue weighted by Crippen LogP contribution is 2.08. The predicted molar refractivity (Wildman–Crippen MR) is 53.6 cm³/mol. The molecule has 0 aromatic carbocycles. The third kappa shape index (κ3) is 2.95. The molecule has 0 saturated carbocycles. The monoisotopic (exact) mass is 163 g/mol. The second kappa shape index (κ2) is 4.81. The number of nitrogens with one attached hydrogen (secondary N) is 1. The van der Waals surface area contributed by atoms with E-state index in [9.17, 15) is 0 Å². The van der Waals surface area contributed by atoms with E-state index in [2.05, 4.69) is 37.4 Å². The molecule has 0 unspecified atom stereocenters. The molecule has 0 fully saturated rings. The van der Waals surface area contributed by atoms with Gasteiger partial charge in [-0.2, -0.15) is 0 Å². The van der Waals surface area contributed by atoms with Crippen molar-refractivity contribution in [1.82, 2.24) is 5.32 Å². The van der Waals surface area contributed by atoms with E-state index in [0.717, 1.165) is 12.8 Å². The van der Waals surface area contributed by atoms with Gasteiger partial charge in [0.05, 0.1) is 0 Å². The Morgan fingerprint density at radius 2 is 2.25 bits per heavy atom. The first-order valence-corrected chi connectivity index (χ1v) is 4.61. The zero-order valence-corrected chi connectivity index (χ0v) is 7.93. The molecule has 0 saturated heterocycles. The second-order valence-corrected chi connectivity index (χ2v) is 3.14. The van der Waals surface area contributed by atoms with Gasteiger partial charge in [-0.15, -0.1) is 0 Å². The molecule has 1 aliphatic heterocycles.